The zero-order valence-corrected chi connectivity index (χ0v) is 14.3. The second-order valence-electron chi connectivity index (χ2n) is 6.37. The van der Waals surface area contributed by atoms with E-state index in [0.717, 1.165) is 37.3 Å². The van der Waals surface area contributed by atoms with Crippen molar-refractivity contribution in [3.8, 4) is 0 Å². The van der Waals surface area contributed by atoms with Crippen LogP contribution in [0.2, 0.25) is 5.15 Å². The highest BCUT2D eigenvalue weighted by Gasteiger charge is 2.23. The van der Waals surface area contributed by atoms with Crippen LogP contribution in [0.3, 0.4) is 0 Å². The van der Waals surface area contributed by atoms with Crippen molar-refractivity contribution in [1.82, 2.24) is 14.7 Å². The number of rotatable bonds is 5. The molecule has 1 aliphatic rings. The van der Waals surface area contributed by atoms with Gasteiger partial charge < -0.3 is 10.6 Å². The van der Waals surface area contributed by atoms with Crippen molar-refractivity contribution < 1.29 is 4.79 Å². The van der Waals surface area contributed by atoms with Gasteiger partial charge in [0.25, 0.3) is 0 Å². The first-order valence-electron chi connectivity index (χ1n) is 7.82. The molecule has 0 saturated carbocycles. The summed E-state index contributed by atoms with van der Waals surface area (Å²) < 4.78 is 1.80. The van der Waals surface area contributed by atoms with Crippen molar-refractivity contribution in [1.29, 1.82) is 0 Å². The van der Waals surface area contributed by atoms with Gasteiger partial charge in [-0.3, -0.25) is 9.48 Å². The first kappa shape index (κ1) is 17.0. The Morgan fingerprint density at radius 3 is 2.86 bits per heavy atom. The first-order valence-corrected chi connectivity index (χ1v) is 8.20. The van der Waals surface area contributed by atoms with E-state index in [1.54, 1.807) is 16.8 Å². The van der Waals surface area contributed by atoms with Gasteiger partial charge in [0.2, 0.25) is 5.91 Å². The Morgan fingerprint density at radius 2 is 2.27 bits per heavy atom. The summed E-state index contributed by atoms with van der Waals surface area (Å²) in [6.45, 7) is 9.09. The Morgan fingerprint density at radius 1 is 1.55 bits per heavy atom. The minimum atomic E-state index is 0.0167. The monoisotopic (exact) mass is 324 g/mol. The van der Waals surface area contributed by atoms with Gasteiger partial charge in [-0.15, -0.1) is 0 Å². The van der Waals surface area contributed by atoms with Crippen molar-refractivity contribution in [3.05, 3.63) is 22.5 Å². The van der Waals surface area contributed by atoms with Crippen LogP contribution in [0.15, 0.2) is 6.08 Å². The Balaban J connectivity index is 2.07. The maximum absolute atomic E-state index is 12.2. The molecule has 1 saturated heterocycles. The van der Waals surface area contributed by atoms with Crippen LogP contribution in [0.1, 0.15) is 31.5 Å². The van der Waals surface area contributed by atoms with Crippen LogP contribution in [0, 0.1) is 18.8 Å². The van der Waals surface area contributed by atoms with E-state index in [9.17, 15) is 4.79 Å². The standard InChI is InChI=1S/C16H25ClN4O/c1-11(2)9-21-16(17)14(12(3)19-21)4-5-15(22)20-7-6-13(8-18)10-20/h4-5,11,13H,6-10,18H2,1-3H3/b5-4+. The van der Waals surface area contributed by atoms with Gasteiger partial charge in [-0.2, -0.15) is 5.10 Å². The average molecular weight is 325 g/mol. The molecule has 1 aliphatic heterocycles. The molecule has 122 valence electrons. The van der Waals surface area contributed by atoms with Gasteiger partial charge in [-0.05, 0) is 37.8 Å². The van der Waals surface area contributed by atoms with E-state index in [0.29, 0.717) is 23.5 Å². The van der Waals surface area contributed by atoms with Crippen LogP contribution in [0.5, 0.6) is 0 Å². The molecule has 0 aliphatic carbocycles. The van der Waals surface area contributed by atoms with Gasteiger partial charge in [0.15, 0.2) is 0 Å². The zero-order chi connectivity index (χ0) is 16.3. The van der Waals surface area contributed by atoms with Crippen molar-refractivity contribution in [3.63, 3.8) is 0 Å². The molecule has 1 aromatic rings. The fourth-order valence-electron chi connectivity index (χ4n) is 2.71. The molecule has 2 heterocycles. The van der Waals surface area contributed by atoms with E-state index in [2.05, 4.69) is 18.9 Å². The molecule has 1 amide bonds. The van der Waals surface area contributed by atoms with Crippen LogP contribution >= 0.6 is 11.6 Å². The number of nitrogens with two attached hydrogens (primary N) is 1. The molecule has 0 aromatic carbocycles. The average Bonchev–Trinajstić information content (AvgIpc) is 3.03. The minimum Gasteiger partial charge on any atom is -0.339 e. The van der Waals surface area contributed by atoms with E-state index < -0.39 is 0 Å². The molecular formula is C16H25ClN4O. The second kappa shape index (κ2) is 7.29. The summed E-state index contributed by atoms with van der Waals surface area (Å²) in [5.41, 5.74) is 7.33. The van der Waals surface area contributed by atoms with Crippen LogP contribution in [0.4, 0.5) is 0 Å². The van der Waals surface area contributed by atoms with Crippen LogP contribution in [0.25, 0.3) is 6.08 Å². The maximum Gasteiger partial charge on any atom is 0.246 e. The molecule has 0 bridgehead atoms. The van der Waals surface area contributed by atoms with Crippen LogP contribution in [-0.4, -0.2) is 40.2 Å². The summed E-state index contributed by atoms with van der Waals surface area (Å²) >= 11 is 6.37. The lowest BCUT2D eigenvalue weighted by molar-refractivity contribution is -0.125. The van der Waals surface area contributed by atoms with Crippen LogP contribution < -0.4 is 5.73 Å². The van der Waals surface area contributed by atoms with Crippen molar-refractivity contribution in [2.75, 3.05) is 19.6 Å². The number of hydrogen-bond donors (Lipinski definition) is 1. The fourth-order valence-corrected chi connectivity index (χ4v) is 3.02. The van der Waals surface area contributed by atoms with Gasteiger partial charge in [0.1, 0.15) is 5.15 Å². The lowest BCUT2D eigenvalue weighted by atomic mass is 10.1. The Hall–Kier alpha value is -1.33. The summed E-state index contributed by atoms with van der Waals surface area (Å²) in [5, 5.41) is 5.04. The summed E-state index contributed by atoms with van der Waals surface area (Å²) in [6.07, 6.45) is 4.36. The predicted molar refractivity (Wildman–Crippen MR) is 89.6 cm³/mol. The zero-order valence-electron chi connectivity index (χ0n) is 13.6. The number of nitrogens with zero attached hydrogens (tertiary/aromatic N) is 3. The molecular weight excluding hydrogens is 300 g/mol. The predicted octanol–water partition coefficient (Wildman–Crippen LogP) is 2.32. The SMILES string of the molecule is Cc1nn(CC(C)C)c(Cl)c1/C=C/C(=O)N1CCC(CN)C1. The lowest BCUT2D eigenvalue weighted by Gasteiger charge is -2.13. The lowest BCUT2D eigenvalue weighted by Crippen LogP contribution is -2.28. The number of halogens is 1. The minimum absolute atomic E-state index is 0.0167. The maximum atomic E-state index is 12.2. The van der Waals surface area contributed by atoms with Gasteiger partial charge in [-0.1, -0.05) is 25.4 Å². The first-order chi connectivity index (χ1) is 10.4. The summed E-state index contributed by atoms with van der Waals surface area (Å²) in [4.78, 5) is 14.1. The van der Waals surface area contributed by atoms with Crippen molar-refractivity contribution in [2.24, 2.45) is 17.6 Å². The number of carbonyl (C=O) groups is 1. The largest absolute Gasteiger partial charge is 0.339 e. The van der Waals surface area contributed by atoms with Gasteiger partial charge >= 0.3 is 0 Å². The Labute approximate surface area is 137 Å². The summed E-state index contributed by atoms with van der Waals surface area (Å²) in [7, 11) is 0. The number of hydrogen-bond acceptors (Lipinski definition) is 3. The van der Waals surface area contributed by atoms with E-state index in [1.165, 1.54) is 0 Å². The Bertz CT molecular complexity index is 565. The van der Waals surface area contributed by atoms with Crippen molar-refractivity contribution >= 4 is 23.6 Å². The van der Waals surface area contributed by atoms with E-state index >= 15 is 0 Å². The summed E-state index contributed by atoms with van der Waals surface area (Å²) in [5.74, 6) is 0.910. The van der Waals surface area contributed by atoms with Crippen molar-refractivity contribution in [2.45, 2.75) is 33.7 Å². The topological polar surface area (TPSA) is 64.2 Å². The highest BCUT2D eigenvalue weighted by Crippen LogP contribution is 2.23. The molecule has 1 fully saturated rings. The number of amides is 1. The molecule has 0 spiro atoms. The third kappa shape index (κ3) is 3.90. The van der Waals surface area contributed by atoms with Gasteiger partial charge in [0.05, 0.1) is 5.69 Å². The normalized spacial score (nSPS) is 18.8. The fraction of sp³-hybridized carbons (Fsp3) is 0.625. The van der Waals surface area contributed by atoms with E-state index in [4.69, 9.17) is 17.3 Å². The summed E-state index contributed by atoms with van der Waals surface area (Å²) in [6, 6.07) is 0. The molecule has 0 radical (unpaired) electrons. The molecule has 1 unspecified atom stereocenters. The van der Waals surface area contributed by atoms with Gasteiger partial charge in [0, 0.05) is 31.3 Å². The molecule has 1 aromatic heterocycles. The number of carbonyl (C=O) groups excluding carboxylic acids is 1. The quantitative estimate of drug-likeness (QED) is 0.845. The number of aryl methyl sites for hydroxylation is 1. The Kier molecular flexibility index (Phi) is 5.64. The van der Waals surface area contributed by atoms with E-state index in [1.807, 2.05) is 11.8 Å². The van der Waals surface area contributed by atoms with Gasteiger partial charge in [-0.25, -0.2) is 0 Å². The molecule has 5 nitrogen and oxygen atoms in total. The molecule has 2 rings (SSSR count). The third-order valence-corrected chi connectivity index (χ3v) is 4.37. The molecule has 1 atom stereocenters. The molecule has 2 N–H and O–H groups in total. The molecule has 22 heavy (non-hydrogen) atoms. The number of aromatic nitrogens is 2. The highest BCUT2D eigenvalue weighted by molar-refractivity contribution is 6.31. The number of likely N-dealkylation sites (tertiary alicyclic amines) is 1. The highest BCUT2D eigenvalue weighted by atomic mass is 35.5. The second-order valence-corrected chi connectivity index (χ2v) is 6.73. The molecule has 6 heteroatoms. The van der Waals surface area contributed by atoms with Crippen LogP contribution in [-0.2, 0) is 11.3 Å². The smallest absolute Gasteiger partial charge is 0.246 e. The third-order valence-electron chi connectivity index (χ3n) is 3.97. The van der Waals surface area contributed by atoms with E-state index in [-0.39, 0.29) is 5.91 Å².